The van der Waals surface area contributed by atoms with Crippen LogP contribution < -0.4 is 10.1 Å². The summed E-state index contributed by atoms with van der Waals surface area (Å²) < 4.78 is 38.4. The van der Waals surface area contributed by atoms with Crippen LogP contribution in [0.15, 0.2) is 42.5 Å². The molecule has 0 bridgehead atoms. The van der Waals surface area contributed by atoms with Crippen molar-refractivity contribution in [1.82, 2.24) is 5.32 Å². The Bertz CT molecular complexity index is 761. The van der Waals surface area contributed by atoms with Crippen molar-refractivity contribution in [3.63, 3.8) is 0 Å². The van der Waals surface area contributed by atoms with Crippen molar-refractivity contribution in [2.75, 3.05) is 6.61 Å². The minimum Gasteiger partial charge on any atom is -0.488 e. The Morgan fingerprint density at radius 2 is 1.81 bits per heavy atom. The Labute approximate surface area is 156 Å². The van der Waals surface area contributed by atoms with Gasteiger partial charge in [0.1, 0.15) is 18.4 Å². The van der Waals surface area contributed by atoms with Crippen molar-refractivity contribution in [3.05, 3.63) is 64.7 Å². The highest BCUT2D eigenvalue weighted by atomic mass is 35.5. The Morgan fingerprint density at radius 3 is 2.42 bits per heavy atom. The van der Waals surface area contributed by atoms with Gasteiger partial charge >= 0.3 is 12.0 Å². The second-order valence-corrected chi connectivity index (χ2v) is 6.17. The van der Waals surface area contributed by atoms with Crippen molar-refractivity contribution in [3.8, 4) is 5.75 Å². The molecule has 0 saturated carbocycles. The highest BCUT2D eigenvalue weighted by Gasteiger charge is 2.47. The molecule has 3 rings (SSSR count). The van der Waals surface area contributed by atoms with E-state index >= 15 is 0 Å². The van der Waals surface area contributed by atoms with Crippen molar-refractivity contribution >= 4 is 18.5 Å². The number of hydrogen-bond acceptors (Lipinski definition) is 3. The van der Waals surface area contributed by atoms with Crippen LogP contribution in [0.1, 0.15) is 28.3 Å². The molecule has 1 aliphatic rings. The van der Waals surface area contributed by atoms with Gasteiger partial charge in [-0.15, -0.1) is 12.4 Å². The first-order valence-electron chi connectivity index (χ1n) is 7.96. The van der Waals surface area contributed by atoms with Crippen molar-refractivity contribution in [2.24, 2.45) is 0 Å². The van der Waals surface area contributed by atoms with Gasteiger partial charge in [-0.2, -0.15) is 0 Å². The molecule has 1 atom stereocenters. The van der Waals surface area contributed by atoms with Crippen LogP contribution in [0, 0.1) is 13.8 Å². The van der Waals surface area contributed by atoms with Gasteiger partial charge in [0, 0.05) is 0 Å². The lowest BCUT2D eigenvalue weighted by atomic mass is 9.95. The van der Waals surface area contributed by atoms with Crippen LogP contribution in [0.3, 0.4) is 0 Å². The Morgan fingerprint density at radius 1 is 1.19 bits per heavy atom. The van der Waals surface area contributed by atoms with Gasteiger partial charge in [0.25, 0.3) is 0 Å². The van der Waals surface area contributed by atoms with E-state index in [1.165, 1.54) is 0 Å². The number of cyclic esters (lactones) is 1. The summed E-state index contributed by atoms with van der Waals surface area (Å²) in [5.74, 6) is -2.51. The molecule has 7 heteroatoms. The zero-order valence-electron chi connectivity index (χ0n) is 14.4. The van der Waals surface area contributed by atoms with E-state index in [-0.39, 0.29) is 12.4 Å². The fourth-order valence-corrected chi connectivity index (χ4v) is 2.95. The zero-order valence-corrected chi connectivity index (χ0v) is 15.2. The molecule has 1 amide bonds. The Hall–Kier alpha value is -2.34. The molecule has 0 spiro atoms. The SMILES string of the molecule is Cc1cc([C@H]2NC(=O)OCC2(F)F)cc(C)c1OCc1ccccc1.Cl. The molecule has 26 heavy (non-hydrogen) atoms. The predicted octanol–water partition coefficient (Wildman–Crippen LogP) is 4.72. The van der Waals surface area contributed by atoms with E-state index in [0.717, 1.165) is 16.7 Å². The average molecular weight is 384 g/mol. The summed E-state index contributed by atoms with van der Waals surface area (Å²) in [5, 5.41) is 2.20. The summed E-state index contributed by atoms with van der Waals surface area (Å²) in [4.78, 5) is 11.3. The number of halogens is 3. The van der Waals surface area contributed by atoms with E-state index in [2.05, 4.69) is 10.1 Å². The molecule has 1 fully saturated rings. The van der Waals surface area contributed by atoms with Crippen LogP contribution >= 0.6 is 12.4 Å². The van der Waals surface area contributed by atoms with E-state index < -0.39 is 24.7 Å². The largest absolute Gasteiger partial charge is 0.488 e. The van der Waals surface area contributed by atoms with Gasteiger partial charge in [0.15, 0.2) is 6.61 Å². The van der Waals surface area contributed by atoms with E-state index in [1.807, 2.05) is 30.3 Å². The molecule has 1 heterocycles. The number of amides is 1. The van der Waals surface area contributed by atoms with Gasteiger partial charge in [-0.05, 0) is 36.1 Å². The summed E-state index contributed by atoms with van der Waals surface area (Å²) >= 11 is 0. The van der Waals surface area contributed by atoms with Crippen LogP contribution in [-0.2, 0) is 11.3 Å². The van der Waals surface area contributed by atoms with Crippen LogP contribution in [0.25, 0.3) is 0 Å². The summed E-state index contributed by atoms with van der Waals surface area (Å²) in [7, 11) is 0. The molecular formula is C19H20ClF2NO3. The highest BCUT2D eigenvalue weighted by Crippen LogP contribution is 2.37. The van der Waals surface area contributed by atoms with Crippen molar-refractivity contribution < 1.29 is 23.0 Å². The molecule has 140 valence electrons. The minimum absolute atomic E-state index is 0. The lowest BCUT2D eigenvalue weighted by Crippen LogP contribution is -2.49. The maximum Gasteiger partial charge on any atom is 0.408 e. The van der Waals surface area contributed by atoms with Crippen molar-refractivity contribution in [2.45, 2.75) is 32.4 Å². The third-order valence-corrected chi connectivity index (χ3v) is 4.12. The van der Waals surface area contributed by atoms with E-state index in [0.29, 0.717) is 17.9 Å². The van der Waals surface area contributed by atoms with Gasteiger partial charge in [-0.25, -0.2) is 13.6 Å². The molecule has 0 aromatic heterocycles. The van der Waals surface area contributed by atoms with Gasteiger partial charge in [0.05, 0.1) is 0 Å². The fourth-order valence-electron chi connectivity index (χ4n) is 2.95. The molecule has 0 unspecified atom stereocenters. The first-order chi connectivity index (χ1) is 11.9. The van der Waals surface area contributed by atoms with Gasteiger partial charge < -0.3 is 14.8 Å². The molecular weight excluding hydrogens is 364 g/mol. The summed E-state index contributed by atoms with van der Waals surface area (Å²) in [5.41, 5.74) is 2.84. The number of hydrogen-bond donors (Lipinski definition) is 1. The second-order valence-electron chi connectivity index (χ2n) is 6.17. The summed E-state index contributed by atoms with van der Waals surface area (Å²) in [6.07, 6.45) is -0.837. The van der Waals surface area contributed by atoms with E-state index in [9.17, 15) is 13.6 Å². The number of nitrogens with one attached hydrogen (secondary N) is 1. The zero-order chi connectivity index (χ0) is 18.0. The predicted molar refractivity (Wildman–Crippen MR) is 96.1 cm³/mol. The first kappa shape index (κ1) is 20.0. The Balaban J connectivity index is 0.00000243. The standard InChI is InChI=1S/C19H19F2NO3.ClH/c1-12-8-15(17-19(20,21)11-25-18(23)22-17)9-13(2)16(12)24-10-14-6-4-3-5-7-14;/h3-9,17H,10-11H2,1-2H3,(H,22,23);1H/t17-;/m1./s1. The number of alkyl halides is 2. The molecule has 0 aliphatic carbocycles. The first-order valence-corrected chi connectivity index (χ1v) is 7.96. The maximum atomic E-state index is 14.1. The lowest BCUT2D eigenvalue weighted by molar-refractivity contribution is -0.104. The van der Waals surface area contributed by atoms with Crippen LogP contribution in [0.4, 0.5) is 13.6 Å². The van der Waals surface area contributed by atoms with Gasteiger partial charge in [-0.3, -0.25) is 0 Å². The summed E-state index contributed by atoms with van der Waals surface area (Å²) in [6.45, 7) is 3.08. The van der Waals surface area contributed by atoms with Gasteiger partial charge in [-0.1, -0.05) is 42.5 Å². The number of aryl methyl sites for hydroxylation is 2. The number of alkyl carbamates (subject to hydrolysis) is 1. The summed E-state index contributed by atoms with van der Waals surface area (Å²) in [6, 6.07) is 11.5. The topological polar surface area (TPSA) is 47.6 Å². The maximum absolute atomic E-state index is 14.1. The smallest absolute Gasteiger partial charge is 0.408 e. The molecule has 1 saturated heterocycles. The Kier molecular flexibility index (Phi) is 6.08. The van der Waals surface area contributed by atoms with E-state index in [4.69, 9.17) is 4.74 Å². The molecule has 4 nitrogen and oxygen atoms in total. The molecule has 1 aliphatic heterocycles. The third-order valence-electron chi connectivity index (χ3n) is 4.12. The number of ether oxygens (including phenoxy) is 2. The monoisotopic (exact) mass is 383 g/mol. The van der Waals surface area contributed by atoms with E-state index in [1.54, 1.807) is 26.0 Å². The normalized spacial score (nSPS) is 18.3. The number of benzene rings is 2. The van der Waals surface area contributed by atoms with Crippen LogP contribution in [0.5, 0.6) is 5.75 Å². The minimum atomic E-state index is -3.17. The lowest BCUT2D eigenvalue weighted by Gasteiger charge is -2.32. The molecule has 0 radical (unpaired) electrons. The van der Waals surface area contributed by atoms with Crippen LogP contribution in [0.2, 0.25) is 0 Å². The van der Waals surface area contributed by atoms with Gasteiger partial charge in [0.2, 0.25) is 0 Å². The number of rotatable bonds is 4. The quantitative estimate of drug-likeness (QED) is 0.831. The van der Waals surface area contributed by atoms with Crippen molar-refractivity contribution in [1.29, 1.82) is 0 Å². The molecule has 1 N–H and O–H groups in total. The molecule has 2 aromatic rings. The number of carbonyl (C=O) groups is 1. The van der Waals surface area contributed by atoms with Crippen LogP contribution in [-0.4, -0.2) is 18.6 Å². The number of carbonyl (C=O) groups excluding carboxylic acids is 1. The third kappa shape index (κ3) is 4.25. The highest BCUT2D eigenvalue weighted by molar-refractivity contribution is 5.85. The fraction of sp³-hybridized carbons (Fsp3) is 0.316. The average Bonchev–Trinajstić information content (AvgIpc) is 2.57. The molecule has 2 aromatic carbocycles. The second kappa shape index (κ2) is 7.91.